The predicted molar refractivity (Wildman–Crippen MR) is 110 cm³/mol. The van der Waals surface area contributed by atoms with Crippen LogP contribution in [0.2, 0.25) is 0 Å². The van der Waals surface area contributed by atoms with E-state index >= 15 is 0 Å². The number of carbonyl (C=O) groups excluding carboxylic acids is 3. The van der Waals surface area contributed by atoms with Gasteiger partial charge in [0.2, 0.25) is 11.8 Å². The van der Waals surface area contributed by atoms with Gasteiger partial charge in [-0.1, -0.05) is 12.1 Å². The highest BCUT2D eigenvalue weighted by Gasteiger charge is 2.18. The average Bonchev–Trinajstić information content (AvgIpc) is 2.65. The van der Waals surface area contributed by atoms with Gasteiger partial charge < -0.3 is 25.0 Å². The SMILES string of the molecule is COc1cccc(CN(C)C(=O)c2cc(NC(C)=O)cc(NC(C)=O)c2)c1OC. The van der Waals surface area contributed by atoms with Crippen LogP contribution in [0.3, 0.4) is 0 Å². The Kier molecular flexibility index (Phi) is 7.19. The Morgan fingerprint density at radius 1 is 0.931 bits per heavy atom. The second-order valence-electron chi connectivity index (χ2n) is 6.48. The van der Waals surface area contributed by atoms with Crippen molar-refractivity contribution in [2.45, 2.75) is 20.4 Å². The molecule has 0 atom stereocenters. The molecule has 0 aromatic heterocycles. The van der Waals surface area contributed by atoms with Gasteiger partial charge in [0.05, 0.1) is 14.2 Å². The third kappa shape index (κ3) is 5.71. The summed E-state index contributed by atoms with van der Waals surface area (Å²) in [6, 6.07) is 10.2. The van der Waals surface area contributed by atoms with Crippen LogP contribution in [0, 0.1) is 0 Å². The van der Waals surface area contributed by atoms with Crippen molar-refractivity contribution in [3.8, 4) is 11.5 Å². The summed E-state index contributed by atoms with van der Waals surface area (Å²) in [5, 5.41) is 5.28. The molecule has 0 radical (unpaired) electrons. The third-order valence-corrected chi connectivity index (χ3v) is 4.06. The number of hydrogen-bond donors (Lipinski definition) is 2. The summed E-state index contributed by atoms with van der Waals surface area (Å²) in [5.74, 6) is 0.288. The van der Waals surface area contributed by atoms with E-state index in [0.717, 1.165) is 5.56 Å². The largest absolute Gasteiger partial charge is 0.493 e. The first-order valence-corrected chi connectivity index (χ1v) is 8.90. The molecule has 0 spiro atoms. The number of nitrogens with one attached hydrogen (secondary N) is 2. The molecule has 0 aliphatic rings. The van der Waals surface area contributed by atoms with Crippen molar-refractivity contribution in [1.29, 1.82) is 0 Å². The summed E-state index contributed by atoms with van der Waals surface area (Å²) in [5.41, 5.74) is 1.94. The smallest absolute Gasteiger partial charge is 0.254 e. The molecule has 8 nitrogen and oxygen atoms in total. The Morgan fingerprint density at radius 2 is 1.52 bits per heavy atom. The van der Waals surface area contributed by atoms with Gasteiger partial charge in [-0.25, -0.2) is 0 Å². The molecule has 0 saturated heterocycles. The fourth-order valence-corrected chi connectivity index (χ4v) is 2.93. The molecule has 154 valence electrons. The van der Waals surface area contributed by atoms with E-state index in [2.05, 4.69) is 10.6 Å². The topological polar surface area (TPSA) is 97.0 Å². The van der Waals surface area contributed by atoms with Gasteiger partial charge in [-0.2, -0.15) is 0 Å². The Bertz CT molecular complexity index is 892. The van der Waals surface area contributed by atoms with E-state index in [9.17, 15) is 14.4 Å². The summed E-state index contributed by atoms with van der Waals surface area (Å²) < 4.78 is 10.7. The minimum atomic E-state index is -0.284. The van der Waals surface area contributed by atoms with Crippen LogP contribution in [-0.4, -0.2) is 43.9 Å². The number of methoxy groups -OCH3 is 2. The zero-order chi connectivity index (χ0) is 21.6. The molecule has 0 aliphatic carbocycles. The molecule has 29 heavy (non-hydrogen) atoms. The number of benzene rings is 2. The second-order valence-corrected chi connectivity index (χ2v) is 6.48. The number of ether oxygens (including phenoxy) is 2. The van der Waals surface area contributed by atoms with Crippen molar-refractivity contribution in [1.82, 2.24) is 4.90 Å². The van der Waals surface area contributed by atoms with Gasteiger partial charge in [0.25, 0.3) is 5.91 Å². The van der Waals surface area contributed by atoms with Crippen LogP contribution in [-0.2, 0) is 16.1 Å². The number of rotatable bonds is 7. The van der Waals surface area contributed by atoms with E-state index in [1.165, 1.54) is 18.7 Å². The summed E-state index contributed by atoms with van der Waals surface area (Å²) in [6.45, 7) is 3.01. The second kappa shape index (κ2) is 9.59. The molecule has 0 saturated carbocycles. The average molecular weight is 399 g/mol. The number of para-hydroxylation sites is 1. The first-order chi connectivity index (χ1) is 13.7. The number of nitrogens with zero attached hydrogens (tertiary/aromatic N) is 1. The molecule has 0 bridgehead atoms. The molecule has 2 N–H and O–H groups in total. The lowest BCUT2D eigenvalue weighted by Crippen LogP contribution is -2.26. The predicted octanol–water partition coefficient (Wildman–Crippen LogP) is 2.89. The third-order valence-electron chi connectivity index (χ3n) is 4.06. The molecule has 0 fully saturated rings. The minimum absolute atomic E-state index is 0.277. The molecule has 0 unspecified atom stereocenters. The van der Waals surface area contributed by atoms with E-state index in [1.807, 2.05) is 12.1 Å². The van der Waals surface area contributed by atoms with Crippen LogP contribution in [0.15, 0.2) is 36.4 Å². The Labute approximate surface area is 169 Å². The minimum Gasteiger partial charge on any atom is -0.493 e. The first-order valence-electron chi connectivity index (χ1n) is 8.90. The number of hydrogen-bond acceptors (Lipinski definition) is 5. The monoisotopic (exact) mass is 399 g/mol. The van der Waals surface area contributed by atoms with E-state index in [0.29, 0.717) is 28.4 Å². The van der Waals surface area contributed by atoms with Crippen LogP contribution in [0.5, 0.6) is 11.5 Å². The summed E-state index contributed by atoms with van der Waals surface area (Å²) >= 11 is 0. The van der Waals surface area contributed by atoms with Gasteiger partial charge in [-0.15, -0.1) is 0 Å². The molecule has 0 aliphatic heterocycles. The van der Waals surface area contributed by atoms with Gasteiger partial charge in [-0.05, 0) is 24.3 Å². The summed E-state index contributed by atoms with van der Waals surface area (Å²) in [7, 11) is 4.75. The maximum Gasteiger partial charge on any atom is 0.254 e. The van der Waals surface area contributed by atoms with Crippen LogP contribution >= 0.6 is 0 Å². The van der Waals surface area contributed by atoms with Gasteiger partial charge in [0.15, 0.2) is 11.5 Å². The standard InChI is InChI=1S/C21H25N3O5/c1-13(25)22-17-9-16(10-18(11-17)23-14(2)26)21(27)24(3)12-15-7-6-8-19(28-4)20(15)29-5/h6-11H,12H2,1-5H3,(H,22,25)(H,23,26). The molecule has 3 amide bonds. The fourth-order valence-electron chi connectivity index (χ4n) is 2.93. The van der Waals surface area contributed by atoms with E-state index in [4.69, 9.17) is 9.47 Å². The highest BCUT2D eigenvalue weighted by Crippen LogP contribution is 2.31. The zero-order valence-electron chi connectivity index (χ0n) is 17.2. The van der Waals surface area contributed by atoms with Crippen molar-refractivity contribution in [2.24, 2.45) is 0 Å². The lowest BCUT2D eigenvalue weighted by Gasteiger charge is -2.21. The van der Waals surface area contributed by atoms with Crippen molar-refractivity contribution in [3.05, 3.63) is 47.5 Å². The molecule has 0 heterocycles. The Balaban J connectivity index is 2.33. The molecule has 2 aromatic rings. The van der Waals surface area contributed by atoms with Gasteiger partial charge >= 0.3 is 0 Å². The Morgan fingerprint density at radius 3 is 2.00 bits per heavy atom. The lowest BCUT2D eigenvalue weighted by molar-refractivity contribution is -0.115. The summed E-state index contributed by atoms with van der Waals surface area (Å²) in [6.07, 6.45) is 0. The maximum atomic E-state index is 13.0. The lowest BCUT2D eigenvalue weighted by atomic mass is 10.1. The first kappa shape index (κ1) is 21.7. The quantitative estimate of drug-likeness (QED) is 0.746. The molecule has 8 heteroatoms. The summed E-state index contributed by atoms with van der Waals surface area (Å²) in [4.78, 5) is 37.4. The van der Waals surface area contributed by atoms with Gasteiger partial charge in [0.1, 0.15) is 0 Å². The molecular formula is C21H25N3O5. The van der Waals surface area contributed by atoms with E-state index in [1.54, 1.807) is 45.5 Å². The van der Waals surface area contributed by atoms with Crippen molar-refractivity contribution in [2.75, 3.05) is 31.9 Å². The van der Waals surface area contributed by atoms with Gasteiger partial charge in [0, 0.05) is 49.9 Å². The zero-order valence-corrected chi connectivity index (χ0v) is 17.2. The number of amides is 3. The van der Waals surface area contributed by atoms with E-state index in [-0.39, 0.29) is 24.3 Å². The van der Waals surface area contributed by atoms with Crippen LogP contribution in [0.1, 0.15) is 29.8 Å². The highest BCUT2D eigenvalue weighted by atomic mass is 16.5. The fraction of sp³-hybridized carbons (Fsp3) is 0.286. The number of anilines is 2. The Hall–Kier alpha value is -3.55. The van der Waals surface area contributed by atoms with Crippen molar-refractivity contribution in [3.63, 3.8) is 0 Å². The van der Waals surface area contributed by atoms with Crippen molar-refractivity contribution >= 4 is 29.1 Å². The highest BCUT2D eigenvalue weighted by molar-refractivity contribution is 5.99. The van der Waals surface area contributed by atoms with Crippen LogP contribution < -0.4 is 20.1 Å². The molecule has 2 rings (SSSR count). The van der Waals surface area contributed by atoms with E-state index < -0.39 is 0 Å². The van der Waals surface area contributed by atoms with Crippen LogP contribution in [0.4, 0.5) is 11.4 Å². The van der Waals surface area contributed by atoms with Gasteiger partial charge in [-0.3, -0.25) is 14.4 Å². The van der Waals surface area contributed by atoms with Crippen LogP contribution in [0.25, 0.3) is 0 Å². The number of carbonyl (C=O) groups is 3. The van der Waals surface area contributed by atoms with Crippen molar-refractivity contribution < 1.29 is 23.9 Å². The normalized spacial score (nSPS) is 10.1. The molecule has 2 aromatic carbocycles. The maximum absolute atomic E-state index is 13.0. The molecular weight excluding hydrogens is 374 g/mol.